The van der Waals surface area contributed by atoms with Crippen molar-refractivity contribution in [3.8, 4) is 5.69 Å². The number of hydrogen-bond acceptors (Lipinski definition) is 5. The van der Waals surface area contributed by atoms with Crippen molar-refractivity contribution in [3.05, 3.63) is 78.4 Å². The van der Waals surface area contributed by atoms with Crippen LogP contribution in [0.5, 0.6) is 0 Å². The molecule has 0 bridgehead atoms. The summed E-state index contributed by atoms with van der Waals surface area (Å²) in [5.41, 5.74) is 2.34. The lowest BCUT2D eigenvalue weighted by Gasteiger charge is -2.31. The Morgan fingerprint density at radius 1 is 1.09 bits per heavy atom. The molecule has 3 aromatic rings. The molecule has 1 aliphatic heterocycles. The number of esters is 1. The lowest BCUT2D eigenvalue weighted by atomic mass is 9.95. The largest absolute Gasteiger partial charge is 0.462 e. The van der Waals surface area contributed by atoms with Crippen LogP contribution in [0.3, 0.4) is 0 Å². The van der Waals surface area contributed by atoms with Gasteiger partial charge in [-0.2, -0.15) is 0 Å². The Morgan fingerprint density at radius 3 is 2.64 bits per heavy atom. The van der Waals surface area contributed by atoms with E-state index in [1.54, 1.807) is 54.5 Å². The average Bonchev–Trinajstić information content (AvgIpc) is 3.34. The van der Waals surface area contributed by atoms with Crippen LogP contribution >= 0.6 is 0 Å². The third kappa shape index (κ3) is 5.11. The van der Waals surface area contributed by atoms with Crippen LogP contribution < -0.4 is 5.32 Å². The summed E-state index contributed by atoms with van der Waals surface area (Å²) < 4.78 is 6.84. The van der Waals surface area contributed by atoms with E-state index in [1.165, 1.54) is 0 Å². The van der Waals surface area contributed by atoms with E-state index in [2.05, 4.69) is 10.3 Å². The molecule has 8 nitrogen and oxygen atoms in total. The second-order valence-electron chi connectivity index (χ2n) is 7.83. The van der Waals surface area contributed by atoms with Gasteiger partial charge >= 0.3 is 5.97 Å². The molecule has 8 heteroatoms. The first-order valence-electron chi connectivity index (χ1n) is 11.0. The fraction of sp³-hybridized carbons (Fsp3) is 0.280. The van der Waals surface area contributed by atoms with Gasteiger partial charge in [0.2, 0.25) is 5.91 Å². The molecule has 33 heavy (non-hydrogen) atoms. The van der Waals surface area contributed by atoms with Gasteiger partial charge in [0.25, 0.3) is 5.91 Å². The quantitative estimate of drug-likeness (QED) is 0.585. The standard InChI is InChI=1S/C25H26N4O4/c1-2-33-25(32)19-6-3-7-20(16-19)27-23(30)18-10-14-28(15-11-18)24(31)22-9-5-13-29(22)21-8-4-12-26-17-21/h3-9,12-13,16-18H,2,10-11,14-15H2,1H3,(H,27,30). The number of piperidine rings is 1. The topological polar surface area (TPSA) is 93.5 Å². The lowest BCUT2D eigenvalue weighted by molar-refractivity contribution is -0.121. The maximum Gasteiger partial charge on any atom is 0.338 e. The molecule has 3 heterocycles. The van der Waals surface area contributed by atoms with E-state index in [0.717, 1.165) is 5.69 Å². The molecule has 1 fully saturated rings. The predicted octanol–water partition coefficient (Wildman–Crippen LogP) is 3.54. The minimum Gasteiger partial charge on any atom is -0.462 e. The maximum absolute atomic E-state index is 13.1. The number of nitrogens with zero attached hydrogens (tertiary/aromatic N) is 3. The van der Waals surface area contributed by atoms with Crippen LogP contribution in [0.4, 0.5) is 5.69 Å². The number of amides is 2. The minimum atomic E-state index is -0.420. The van der Waals surface area contributed by atoms with Gasteiger partial charge in [0.15, 0.2) is 0 Å². The number of benzene rings is 1. The highest BCUT2D eigenvalue weighted by molar-refractivity contribution is 5.96. The van der Waals surface area contributed by atoms with Crippen LogP contribution in [-0.2, 0) is 9.53 Å². The first-order chi connectivity index (χ1) is 16.1. The second-order valence-corrected chi connectivity index (χ2v) is 7.83. The van der Waals surface area contributed by atoms with Crippen molar-refractivity contribution in [2.45, 2.75) is 19.8 Å². The van der Waals surface area contributed by atoms with Gasteiger partial charge in [0.05, 0.1) is 24.1 Å². The van der Waals surface area contributed by atoms with Crippen LogP contribution in [-0.4, -0.2) is 51.9 Å². The van der Waals surface area contributed by atoms with E-state index in [-0.39, 0.29) is 17.7 Å². The summed E-state index contributed by atoms with van der Waals surface area (Å²) in [6.07, 6.45) is 6.39. The number of ether oxygens (including phenoxy) is 1. The summed E-state index contributed by atoms with van der Waals surface area (Å²) in [4.78, 5) is 43.7. The van der Waals surface area contributed by atoms with Crippen molar-refractivity contribution >= 4 is 23.5 Å². The van der Waals surface area contributed by atoms with E-state index in [4.69, 9.17) is 4.74 Å². The molecular weight excluding hydrogens is 420 g/mol. The number of anilines is 1. The maximum atomic E-state index is 13.1. The average molecular weight is 447 g/mol. The molecule has 2 amide bonds. The van der Waals surface area contributed by atoms with E-state index in [1.807, 2.05) is 29.0 Å². The van der Waals surface area contributed by atoms with Crippen LogP contribution in [0.15, 0.2) is 67.1 Å². The number of rotatable bonds is 6. The first kappa shape index (κ1) is 22.3. The SMILES string of the molecule is CCOC(=O)c1cccc(NC(=O)C2CCN(C(=O)c3cccn3-c3cccnc3)CC2)c1. The van der Waals surface area contributed by atoms with Crippen LogP contribution in [0.2, 0.25) is 0 Å². The predicted molar refractivity (Wildman–Crippen MR) is 123 cm³/mol. The van der Waals surface area contributed by atoms with Crippen LogP contribution in [0.1, 0.15) is 40.6 Å². The van der Waals surface area contributed by atoms with Gasteiger partial charge in [-0.25, -0.2) is 4.79 Å². The number of likely N-dealkylation sites (tertiary alicyclic amines) is 1. The molecule has 4 rings (SSSR count). The molecule has 170 valence electrons. The highest BCUT2D eigenvalue weighted by atomic mass is 16.5. The van der Waals surface area contributed by atoms with Gasteiger partial charge in [-0.1, -0.05) is 6.07 Å². The fourth-order valence-corrected chi connectivity index (χ4v) is 3.97. The van der Waals surface area contributed by atoms with E-state index < -0.39 is 5.97 Å². The third-order valence-electron chi connectivity index (χ3n) is 5.69. The number of aromatic nitrogens is 2. The first-order valence-corrected chi connectivity index (χ1v) is 11.0. The zero-order valence-corrected chi connectivity index (χ0v) is 18.4. The number of pyridine rings is 1. The molecular formula is C25H26N4O4. The van der Waals surface area contributed by atoms with E-state index in [0.29, 0.717) is 49.5 Å². The summed E-state index contributed by atoms with van der Waals surface area (Å²) in [6.45, 7) is 3.03. The number of carbonyl (C=O) groups is 3. The zero-order chi connectivity index (χ0) is 23.2. The van der Waals surface area contributed by atoms with Gasteiger partial charge in [-0.05, 0) is 62.2 Å². The summed E-state index contributed by atoms with van der Waals surface area (Å²) in [7, 11) is 0. The smallest absolute Gasteiger partial charge is 0.338 e. The Bertz CT molecular complexity index is 1130. The molecule has 1 saturated heterocycles. The summed E-state index contributed by atoms with van der Waals surface area (Å²) >= 11 is 0. The fourth-order valence-electron chi connectivity index (χ4n) is 3.97. The van der Waals surface area contributed by atoms with Crippen molar-refractivity contribution in [1.82, 2.24) is 14.5 Å². The molecule has 2 aromatic heterocycles. The van der Waals surface area contributed by atoms with Crippen LogP contribution in [0.25, 0.3) is 5.69 Å². The van der Waals surface area contributed by atoms with Crippen molar-refractivity contribution in [2.75, 3.05) is 25.0 Å². The molecule has 0 radical (unpaired) electrons. The lowest BCUT2D eigenvalue weighted by Crippen LogP contribution is -2.42. The Kier molecular flexibility index (Phi) is 6.83. The van der Waals surface area contributed by atoms with Gasteiger partial charge < -0.3 is 19.5 Å². The van der Waals surface area contributed by atoms with Crippen molar-refractivity contribution in [1.29, 1.82) is 0 Å². The molecule has 0 spiro atoms. The van der Waals surface area contributed by atoms with Gasteiger partial charge in [0.1, 0.15) is 5.69 Å². The molecule has 0 saturated carbocycles. The highest BCUT2D eigenvalue weighted by Crippen LogP contribution is 2.23. The molecule has 0 atom stereocenters. The zero-order valence-electron chi connectivity index (χ0n) is 18.4. The number of nitrogens with one attached hydrogen (secondary N) is 1. The highest BCUT2D eigenvalue weighted by Gasteiger charge is 2.29. The second kappa shape index (κ2) is 10.1. The normalized spacial score (nSPS) is 14.0. The third-order valence-corrected chi connectivity index (χ3v) is 5.69. The number of hydrogen-bond donors (Lipinski definition) is 1. The van der Waals surface area contributed by atoms with Crippen molar-refractivity contribution in [2.24, 2.45) is 5.92 Å². The molecule has 0 aliphatic carbocycles. The van der Waals surface area contributed by atoms with Gasteiger partial charge in [-0.15, -0.1) is 0 Å². The van der Waals surface area contributed by atoms with E-state index in [9.17, 15) is 14.4 Å². The number of carbonyl (C=O) groups excluding carboxylic acids is 3. The Morgan fingerprint density at radius 2 is 1.91 bits per heavy atom. The monoisotopic (exact) mass is 446 g/mol. The molecule has 1 aliphatic rings. The Balaban J connectivity index is 1.35. The summed E-state index contributed by atoms with van der Waals surface area (Å²) in [5, 5.41) is 2.89. The van der Waals surface area contributed by atoms with Crippen LogP contribution in [0, 0.1) is 5.92 Å². The Labute approximate surface area is 192 Å². The van der Waals surface area contributed by atoms with Gasteiger partial charge in [-0.3, -0.25) is 14.6 Å². The summed E-state index contributed by atoms with van der Waals surface area (Å²) in [6, 6.07) is 14.1. The minimum absolute atomic E-state index is 0.0650. The van der Waals surface area contributed by atoms with Crippen molar-refractivity contribution < 1.29 is 19.1 Å². The molecule has 0 unspecified atom stereocenters. The Hall–Kier alpha value is -3.94. The molecule has 1 aromatic carbocycles. The summed E-state index contributed by atoms with van der Waals surface area (Å²) in [5.74, 6) is -0.798. The van der Waals surface area contributed by atoms with E-state index >= 15 is 0 Å². The van der Waals surface area contributed by atoms with Crippen molar-refractivity contribution in [3.63, 3.8) is 0 Å². The molecule has 1 N–H and O–H groups in total. The van der Waals surface area contributed by atoms with Gasteiger partial charge in [0, 0.05) is 37.1 Å².